The monoisotopic (exact) mass is 403 g/mol. The number of aliphatic hydroxyl groups excluding tert-OH is 1. The van der Waals surface area contributed by atoms with Gasteiger partial charge in [0.15, 0.2) is 0 Å². The van der Waals surface area contributed by atoms with Crippen molar-refractivity contribution in [3.05, 3.63) is 77.7 Å². The number of hydrogen-bond donors (Lipinski definition) is 3. The minimum Gasteiger partial charge on any atom is -0.509 e. The second-order valence-corrected chi connectivity index (χ2v) is 7.24. The van der Waals surface area contributed by atoms with Gasteiger partial charge in [0.2, 0.25) is 5.91 Å². The van der Waals surface area contributed by atoms with Crippen LogP contribution in [0, 0.1) is 0 Å². The van der Waals surface area contributed by atoms with Crippen molar-refractivity contribution in [2.24, 2.45) is 0 Å². The Morgan fingerprint density at radius 3 is 2.63 bits per heavy atom. The fourth-order valence-corrected chi connectivity index (χ4v) is 3.66. The molecule has 1 atom stereocenters. The van der Waals surface area contributed by atoms with Gasteiger partial charge in [-0.05, 0) is 42.7 Å². The Morgan fingerprint density at radius 2 is 1.90 bits per heavy atom. The summed E-state index contributed by atoms with van der Waals surface area (Å²) in [6.07, 6.45) is 2.81. The first-order valence-electron chi connectivity index (χ1n) is 9.65. The van der Waals surface area contributed by atoms with Gasteiger partial charge in [0.05, 0.1) is 11.6 Å². The molecule has 3 aromatic rings. The first kappa shape index (κ1) is 19.4. The van der Waals surface area contributed by atoms with Crippen LogP contribution in [0.3, 0.4) is 0 Å². The molecule has 0 saturated carbocycles. The molecule has 0 saturated heterocycles. The quantitative estimate of drug-likeness (QED) is 0.570. The number of nitrogens with one attached hydrogen (secondary N) is 2. The van der Waals surface area contributed by atoms with Crippen molar-refractivity contribution < 1.29 is 19.5 Å². The highest BCUT2D eigenvalue weighted by Crippen LogP contribution is 2.24. The Balaban J connectivity index is 1.49. The van der Waals surface area contributed by atoms with E-state index < -0.39 is 17.9 Å². The van der Waals surface area contributed by atoms with E-state index in [0.717, 1.165) is 16.5 Å². The Morgan fingerprint density at radius 1 is 1.13 bits per heavy atom. The molecule has 1 aliphatic rings. The van der Waals surface area contributed by atoms with E-state index in [9.17, 15) is 19.5 Å². The zero-order valence-corrected chi connectivity index (χ0v) is 16.4. The molecule has 7 heteroatoms. The van der Waals surface area contributed by atoms with Crippen LogP contribution in [0.5, 0.6) is 0 Å². The van der Waals surface area contributed by atoms with E-state index in [0.29, 0.717) is 18.5 Å². The molecular weight excluding hydrogens is 382 g/mol. The fraction of sp³-hybridized carbons (Fsp3) is 0.174. The molecule has 7 nitrogen and oxygen atoms in total. The topological polar surface area (TPSA) is 100 Å². The van der Waals surface area contributed by atoms with E-state index in [-0.39, 0.29) is 17.2 Å². The first-order valence-corrected chi connectivity index (χ1v) is 9.65. The van der Waals surface area contributed by atoms with Gasteiger partial charge in [-0.1, -0.05) is 30.3 Å². The van der Waals surface area contributed by atoms with Crippen molar-refractivity contribution in [3.8, 4) is 0 Å². The third-order valence-electron chi connectivity index (χ3n) is 5.20. The van der Waals surface area contributed by atoms with Gasteiger partial charge in [0, 0.05) is 24.2 Å². The van der Waals surface area contributed by atoms with Gasteiger partial charge in [0.1, 0.15) is 11.3 Å². The second kappa shape index (κ2) is 7.87. The maximum atomic E-state index is 12.7. The highest BCUT2D eigenvalue weighted by molar-refractivity contribution is 6.24. The lowest BCUT2D eigenvalue weighted by Gasteiger charge is -2.10. The molecule has 2 heterocycles. The van der Waals surface area contributed by atoms with Crippen LogP contribution in [0.25, 0.3) is 10.9 Å². The standard InChI is InChI=1S/C23H21N3O4/c1-14(27)26-12-11-16-13-17(8-10-19(16)26)24-22(29)20-21(28)18(25-23(20)30)9-7-15-5-3-2-4-6-15/h2-6,8,10-13,18,28H,7,9H2,1H3,(H,24,29)(H,25,30). The molecule has 0 aliphatic carbocycles. The molecule has 1 aliphatic heterocycles. The molecular formula is C23H21N3O4. The van der Waals surface area contributed by atoms with Gasteiger partial charge in [-0.3, -0.25) is 19.0 Å². The first-order chi connectivity index (χ1) is 14.4. The summed E-state index contributed by atoms with van der Waals surface area (Å²) < 4.78 is 1.51. The number of rotatable bonds is 5. The lowest BCUT2D eigenvalue weighted by Crippen LogP contribution is -2.30. The average molecular weight is 403 g/mol. The molecule has 3 N–H and O–H groups in total. The van der Waals surface area contributed by atoms with E-state index in [1.165, 1.54) is 11.5 Å². The van der Waals surface area contributed by atoms with Crippen molar-refractivity contribution in [2.75, 3.05) is 5.32 Å². The number of amides is 2. The average Bonchev–Trinajstić information content (AvgIpc) is 3.27. The Labute approximate surface area is 173 Å². The highest BCUT2D eigenvalue weighted by atomic mass is 16.3. The van der Waals surface area contributed by atoms with Crippen molar-refractivity contribution in [3.63, 3.8) is 0 Å². The summed E-state index contributed by atoms with van der Waals surface area (Å²) in [5.41, 5.74) is 2.01. The summed E-state index contributed by atoms with van der Waals surface area (Å²) in [4.78, 5) is 36.6. The molecule has 2 amide bonds. The minimum atomic E-state index is -0.669. The third-order valence-corrected chi connectivity index (χ3v) is 5.20. The third kappa shape index (κ3) is 3.69. The molecule has 1 unspecified atom stereocenters. The van der Waals surface area contributed by atoms with Crippen LogP contribution in [-0.4, -0.2) is 33.4 Å². The van der Waals surface area contributed by atoms with E-state index in [1.54, 1.807) is 30.5 Å². The summed E-state index contributed by atoms with van der Waals surface area (Å²) in [7, 11) is 0. The highest BCUT2D eigenvalue weighted by Gasteiger charge is 2.35. The van der Waals surface area contributed by atoms with E-state index in [1.807, 2.05) is 30.3 Å². The summed E-state index contributed by atoms with van der Waals surface area (Å²) in [5.74, 6) is -1.61. The van der Waals surface area contributed by atoms with Crippen LogP contribution >= 0.6 is 0 Å². The number of carbonyl (C=O) groups excluding carboxylic acids is 3. The number of carbonyl (C=O) groups is 3. The van der Waals surface area contributed by atoms with Gasteiger partial charge in [0.25, 0.3) is 11.8 Å². The zero-order chi connectivity index (χ0) is 21.3. The molecule has 0 fully saturated rings. The van der Waals surface area contributed by atoms with Crippen molar-refractivity contribution in [1.82, 2.24) is 9.88 Å². The molecule has 0 bridgehead atoms. The molecule has 2 aromatic carbocycles. The van der Waals surface area contributed by atoms with Crippen molar-refractivity contribution in [1.29, 1.82) is 0 Å². The molecule has 152 valence electrons. The zero-order valence-electron chi connectivity index (χ0n) is 16.4. The summed E-state index contributed by atoms with van der Waals surface area (Å²) in [6, 6.07) is 16.0. The Kier molecular flexibility index (Phi) is 5.10. The Hall–Kier alpha value is -3.87. The molecule has 1 aromatic heterocycles. The van der Waals surface area contributed by atoms with E-state index in [4.69, 9.17) is 0 Å². The molecule has 30 heavy (non-hydrogen) atoms. The number of aryl methyl sites for hydroxylation is 1. The lowest BCUT2D eigenvalue weighted by molar-refractivity contribution is -0.120. The molecule has 4 rings (SSSR count). The summed E-state index contributed by atoms with van der Waals surface area (Å²) in [6.45, 7) is 1.47. The predicted molar refractivity (Wildman–Crippen MR) is 113 cm³/mol. The number of benzene rings is 2. The van der Waals surface area contributed by atoms with Crippen LogP contribution in [0.4, 0.5) is 5.69 Å². The number of anilines is 1. The number of fused-ring (bicyclic) bond motifs is 1. The number of nitrogens with zero attached hydrogens (tertiary/aromatic N) is 1. The second-order valence-electron chi connectivity index (χ2n) is 7.24. The number of hydrogen-bond acceptors (Lipinski definition) is 4. The van der Waals surface area contributed by atoms with Gasteiger partial charge in [-0.25, -0.2) is 0 Å². The van der Waals surface area contributed by atoms with Crippen molar-refractivity contribution >= 4 is 34.3 Å². The SMILES string of the molecule is CC(=O)n1ccc2cc(NC(=O)C3=C(O)C(CCc4ccccc4)NC3=O)ccc21. The van der Waals surface area contributed by atoms with Gasteiger partial charge >= 0.3 is 0 Å². The van der Waals surface area contributed by atoms with E-state index in [2.05, 4.69) is 10.6 Å². The maximum Gasteiger partial charge on any atom is 0.264 e. The van der Waals surface area contributed by atoms with Gasteiger partial charge in [-0.2, -0.15) is 0 Å². The predicted octanol–water partition coefficient (Wildman–Crippen LogP) is 3.18. The fourth-order valence-electron chi connectivity index (χ4n) is 3.66. The van der Waals surface area contributed by atoms with Gasteiger partial charge < -0.3 is 15.7 Å². The number of aromatic nitrogens is 1. The molecule has 0 radical (unpaired) electrons. The van der Waals surface area contributed by atoms with Gasteiger partial charge in [-0.15, -0.1) is 0 Å². The van der Waals surface area contributed by atoms with Crippen LogP contribution in [0.15, 0.2) is 72.1 Å². The van der Waals surface area contributed by atoms with Crippen LogP contribution in [0.2, 0.25) is 0 Å². The maximum absolute atomic E-state index is 12.7. The van der Waals surface area contributed by atoms with E-state index >= 15 is 0 Å². The summed E-state index contributed by atoms with van der Waals surface area (Å²) in [5, 5.41) is 16.6. The van der Waals surface area contributed by atoms with Crippen molar-refractivity contribution in [2.45, 2.75) is 25.8 Å². The van der Waals surface area contributed by atoms with Crippen LogP contribution < -0.4 is 10.6 Å². The van der Waals surface area contributed by atoms with Crippen LogP contribution in [-0.2, 0) is 16.0 Å². The Bertz CT molecular complexity index is 1180. The smallest absolute Gasteiger partial charge is 0.264 e. The lowest BCUT2D eigenvalue weighted by atomic mass is 10.0. The summed E-state index contributed by atoms with van der Waals surface area (Å²) >= 11 is 0. The number of aliphatic hydroxyl groups is 1. The normalized spacial score (nSPS) is 16.0. The largest absolute Gasteiger partial charge is 0.509 e. The molecule has 0 spiro atoms. The van der Waals surface area contributed by atoms with Crippen LogP contribution in [0.1, 0.15) is 23.7 Å². The minimum absolute atomic E-state index is 0.110.